The second-order valence-electron chi connectivity index (χ2n) is 3.84. The van der Waals surface area contributed by atoms with Crippen molar-refractivity contribution in [3.05, 3.63) is 16.4 Å². The molecule has 17 heavy (non-hydrogen) atoms. The summed E-state index contributed by atoms with van der Waals surface area (Å²) in [5.74, 6) is 0.556. The largest absolute Gasteiger partial charge is 0.473 e. The summed E-state index contributed by atoms with van der Waals surface area (Å²) < 4.78 is 5.11. The zero-order chi connectivity index (χ0) is 12.8. The number of nitrogens with one attached hydrogen (secondary N) is 1. The molecule has 1 aromatic rings. The van der Waals surface area contributed by atoms with Crippen LogP contribution in [0.15, 0.2) is 6.33 Å². The molecule has 0 spiro atoms. The molecule has 7 heteroatoms. The Morgan fingerprint density at radius 1 is 1.53 bits per heavy atom. The first-order valence-electron chi connectivity index (χ1n) is 5.42. The first-order valence-corrected chi connectivity index (χ1v) is 5.42. The fourth-order valence-electron chi connectivity index (χ4n) is 1.20. The Morgan fingerprint density at radius 2 is 2.24 bits per heavy atom. The minimum absolute atomic E-state index is 0.00115. The van der Waals surface area contributed by atoms with Gasteiger partial charge < -0.3 is 10.1 Å². The van der Waals surface area contributed by atoms with E-state index in [1.807, 2.05) is 13.8 Å². The van der Waals surface area contributed by atoms with Gasteiger partial charge in [-0.2, -0.15) is 4.98 Å². The summed E-state index contributed by atoms with van der Waals surface area (Å²) in [6, 6.07) is 0. The number of anilines is 1. The Bertz CT molecular complexity index is 395. The van der Waals surface area contributed by atoms with Crippen molar-refractivity contribution in [3.63, 3.8) is 0 Å². The monoisotopic (exact) mass is 240 g/mol. The first kappa shape index (κ1) is 13.1. The highest BCUT2D eigenvalue weighted by Gasteiger charge is 2.23. The molecule has 7 nitrogen and oxygen atoms in total. The molecule has 94 valence electrons. The van der Waals surface area contributed by atoms with Crippen LogP contribution in [0.3, 0.4) is 0 Å². The lowest BCUT2D eigenvalue weighted by molar-refractivity contribution is -0.385. The Kier molecular flexibility index (Phi) is 4.62. The lowest BCUT2D eigenvalue weighted by atomic mass is 10.2. The second kappa shape index (κ2) is 5.97. The standard InChI is InChI=1S/C10H16N4O3/c1-4-17-10-8(14(15)16)9(12-6-13-10)11-5-7(2)3/h6-7H,4-5H2,1-3H3,(H,11,12,13). The third-order valence-corrected chi connectivity index (χ3v) is 1.93. The van der Waals surface area contributed by atoms with Crippen molar-refractivity contribution in [1.29, 1.82) is 0 Å². The van der Waals surface area contributed by atoms with E-state index < -0.39 is 4.92 Å². The average molecular weight is 240 g/mol. The van der Waals surface area contributed by atoms with Crippen LogP contribution in [0.25, 0.3) is 0 Å². The molecule has 0 fully saturated rings. The molecule has 1 rings (SSSR count). The van der Waals surface area contributed by atoms with E-state index in [9.17, 15) is 10.1 Å². The maximum absolute atomic E-state index is 11.0. The molecule has 0 aromatic carbocycles. The van der Waals surface area contributed by atoms with E-state index in [1.54, 1.807) is 6.92 Å². The molecule has 0 saturated heterocycles. The molecule has 1 heterocycles. The van der Waals surface area contributed by atoms with Crippen LogP contribution in [-0.2, 0) is 0 Å². The van der Waals surface area contributed by atoms with Crippen LogP contribution in [0.5, 0.6) is 5.88 Å². The fraction of sp³-hybridized carbons (Fsp3) is 0.600. The molecule has 0 amide bonds. The summed E-state index contributed by atoms with van der Waals surface area (Å²) in [7, 11) is 0. The second-order valence-corrected chi connectivity index (χ2v) is 3.84. The van der Waals surface area contributed by atoms with E-state index in [2.05, 4.69) is 15.3 Å². The summed E-state index contributed by atoms with van der Waals surface area (Å²) in [6.07, 6.45) is 1.25. The summed E-state index contributed by atoms with van der Waals surface area (Å²) in [5, 5.41) is 13.9. The van der Waals surface area contributed by atoms with Crippen molar-refractivity contribution in [2.75, 3.05) is 18.5 Å². The molecule has 0 radical (unpaired) electrons. The smallest absolute Gasteiger partial charge is 0.372 e. The number of hydrogen-bond acceptors (Lipinski definition) is 6. The Hall–Kier alpha value is -1.92. The fourth-order valence-corrected chi connectivity index (χ4v) is 1.20. The quantitative estimate of drug-likeness (QED) is 0.602. The van der Waals surface area contributed by atoms with Crippen molar-refractivity contribution in [2.24, 2.45) is 5.92 Å². The van der Waals surface area contributed by atoms with Gasteiger partial charge in [0.25, 0.3) is 5.88 Å². The molecule has 1 N–H and O–H groups in total. The topological polar surface area (TPSA) is 90.2 Å². The third-order valence-electron chi connectivity index (χ3n) is 1.93. The highest BCUT2D eigenvalue weighted by Crippen LogP contribution is 2.30. The molecule has 0 aliphatic heterocycles. The Labute approximate surface area is 99.4 Å². The number of ether oxygens (including phenoxy) is 1. The normalized spacial score (nSPS) is 10.4. The summed E-state index contributed by atoms with van der Waals surface area (Å²) in [5.41, 5.74) is -0.213. The molecule has 0 aliphatic carbocycles. The summed E-state index contributed by atoms with van der Waals surface area (Å²) >= 11 is 0. The van der Waals surface area contributed by atoms with Crippen molar-refractivity contribution in [1.82, 2.24) is 9.97 Å². The molecule has 0 unspecified atom stereocenters. The molecule has 0 aliphatic rings. The Morgan fingerprint density at radius 3 is 2.76 bits per heavy atom. The molecular formula is C10H16N4O3. The molecular weight excluding hydrogens is 224 g/mol. The van der Waals surface area contributed by atoms with Gasteiger partial charge >= 0.3 is 5.69 Å². The molecule has 0 bridgehead atoms. The van der Waals surface area contributed by atoms with E-state index >= 15 is 0 Å². The predicted octanol–water partition coefficient (Wildman–Crippen LogP) is 1.85. The van der Waals surface area contributed by atoms with Gasteiger partial charge in [0, 0.05) is 6.54 Å². The summed E-state index contributed by atoms with van der Waals surface area (Å²) in [4.78, 5) is 18.1. The van der Waals surface area contributed by atoms with Gasteiger partial charge in [-0.05, 0) is 12.8 Å². The zero-order valence-corrected chi connectivity index (χ0v) is 10.1. The number of aromatic nitrogens is 2. The van der Waals surface area contributed by atoms with Gasteiger partial charge in [0.15, 0.2) is 0 Å². The molecule has 0 atom stereocenters. The Balaban J connectivity index is 3.02. The van der Waals surface area contributed by atoms with Crippen molar-refractivity contribution >= 4 is 11.5 Å². The van der Waals surface area contributed by atoms with Gasteiger partial charge in [-0.15, -0.1) is 0 Å². The highest BCUT2D eigenvalue weighted by atomic mass is 16.6. The SMILES string of the molecule is CCOc1ncnc(NCC(C)C)c1[N+](=O)[O-]. The minimum atomic E-state index is -0.534. The van der Waals surface area contributed by atoms with E-state index in [0.29, 0.717) is 19.1 Å². The van der Waals surface area contributed by atoms with Crippen LogP contribution in [0.1, 0.15) is 20.8 Å². The maximum atomic E-state index is 11.0. The van der Waals surface area contributed by atoms with E-state index in [-0.39, 0.29) is 17.4 Å². The van der Waals surface area contributed by atoms with Gasteiger partial charge in [0.05, 0.1) is 11.5 Å². The van der Waals surface area contributed by atoms with Crippen molar-refractivity contribution in [3.8, 4) is 5.88 Å². The van der Waals surface area contributed by atoms with Crippen molar-refractivity contribution < 1.29 is 9.66 Å². The van der Waals surface area contributed by atoms with Crippen LogP contribution in [0, 0.1) is 16.0 Å². The van der Waals surface area contributed by atoms with Gasteiger partial charge in [-0.25, -0.2) is 4.98 Å². The van der Waals surface area contributed by atoms with Gasteiger partial charge in [0.1, 0.15) is 6.33 Å². The third kappa shape index (κ3) is 3.54. The molecule has 0 saturated carbocycles. The first-order chi connectivity index (χ1) is 8.06. The van der Waals surface area contributed by atoms with Gasteiger partial charge in [-0.3, -0.25) is 10.1 Å². The van der Waals surface area contributed by atoms with Crippen LogP contribution in [0.2, 0.25) is 0 Å². The minimum Gasteiger partial charge on any atom is -0.473 e. The van der Waals surface area contributed by atoms with Crippen LogP contribution >= 0.6 is 0 Å². The van der Waals surface area contributed by atoms with E-state index in [1.165, 1.54) is 6.33 Å². The van der Waals surface area contributed by atoms with Gasteiger partial charge in [-0.1, -0.05) is 13.8 Å². The van der Waals surface area contributed by atoms with Crippen LogP contribution < -0.4 is 10.1 Å². The van der Waals surface area contributed by atoms with E-state index in [4.69, 9.17) is 4.74 Å². The zero-order valence-electron chi connectivity index (χ0n) is 10.1. The predicted molar refractivity (Wildman–Crippen MR) is 63.2 cm³/mol. The maximum Gasteiger partial charge on any atom is 0.372 e. The number of nitro groups is 1. The van der Waals surface area contributed by atoms with Gasteiger partial charge in [0.2, 0.25) is 5.82 Å². The molecule has 1 aromatic heterocycles. The van der Waals surface area contributed by atoms with Crippen molar-refractivity contribution in [2.45, 2.75) is 20.8 Å². The summed E-state index contributed by atoms with van der Waals surface area (Å²) in [6.45, 7) is 6.67. The number of hydrogen-bond donors (Lipinski definition) is 1. The number of rotatable bonds is 6. The lowest BCUT2D eigenvalue weighted by Crippen LogP contribution is -2.12. The number of nitrogens with zero attached hydrogens (tertiary/aromatic N) is 3. The van der Waals surface area contributed by atoms with Crippen LogP contribution in [-0.4, -0.2) is 28.0 Å². The lowest BCUT2D eigenvalue weighted by Gasteiger charge is -2.09. The van der Waals surface area contributed by atoms with Crippen LogP contribution in [0.4, 0.5) is 11.5 Å². The highest BCUT2D eigenvalue weighted by molar-refractivity contribution is 5.61. The van der Waals surface area contributed by atoms with E-state index in [0.717, 1.165) is 0 Å². The average Bonchev–Trinajstić information content (AvgIpc) is 2.26.